The number of nitrogens with one attached hydrogen (secondary N) is 1. The highest BCUT2D eigenvalue weighted by Gasteiger charge is 2.21. The van der Waals surface area contributed by atoms with Crippen molar-refractivity contribution in [1.29, 1.82) is 0 Å². The lowest BCUT2D eigenvalue weighted by Crippen LogP contribution is -2.41. The Balaban J connectivity index is 4.36. The minimum atomic E-state index is -0.557. The van der Waals surface area contributed by atoms with Gasteiger partial charge in [0.05, 0.1) is 7.11 Å². The number of rotatable bonds is 5. The lowest BCUT2D eigenvalue weighted by Gasteiger charge is -2.17. The molecule has 1 amide bonds. The van der Waals surface area contributed by atoms with Gasteiger partial charge in [-0.25, -0.2) is 4.79 Å². The van der Waals surface area contributed by atoms with E-state index in [1.165, 1.54) is 13.2 Å². The zero-order chi connectivity index (χ0) is 11.8. The van der Waals surface area contributed by atoms with E-state index >= 15 is 0 Å². The number of allylic oxidation sites excluding steroid dienone is 1. The molecule has 0 aliphatic rings. The van der Waals surface area contributed by atoms with Gasteiger partial charge in [0.1, 0.15) is 6.04 Å². The number of ether oxygens (including phenoxy) is 1. The normalized spacial score (nSPS) is 12.9. The maximum atomic E-state index is 11.3. The lowest BCUT2D eigenvalue weighted by atomic mass is 10.0. The third kappa shape index (κ3) is 5.88. The van der Waals surface area contributed by atoms with Crippen LogP contribution < -0.4 is 5.32 Å². The van der Waals surface area contributed by atoms with Gasteiger partial charge in [-0.3, -0.25) is 4.79 Å². The summed E-state index contributed by atoms with van der Waals surface area (Å²) in [6.45, 7) is 5.71. The third-order valence-corrected chi connectivity index (χ3v) is 1.83. The molecule has 0 aromatic carbocycles. The van der Waals surface area contributed by atoms with E-state index in [-0.39, 0.29) is 5.91 Å². The van der Waals surface area contributed by atoms with E-state index in [0.29, 0.717) is 12.3 Å². The zero-order valence-corrected chi connectivity index (χ0v) is 9.74. The van der Waals surface area contributed by atoms with Crippen LogP contribution in [0.4, 0.5) is 0 Å². The molecule has 0 aromatic heterocycles. The van der Waals surface area contributed by atoms with Crippen LogP contribution in [0.5, 0.6) is 0 Å². The molecule has 0 spiro atoms. The van der Waals surface area contributed by atoms with Gasteiger partial charge in [-0.05, 0) is 25.3 Å². The van der Waals surface area contributed by atoms with Crippen molar-refractivity contribution in [1.82, 2.24) is 5.32 Å². The van der Waals surface area contributed by atoms with Crippen molar-refractivity contribution in [3.8, 4) is 0 Å². The predicted molar refractivity (Wildman–Crippen MR) is 58.2 cm³/mol. The van der Waals surface area contributed by atoms with Crippen LogP contribution in [0.2, 0.25) is 0 Å². The average Bonchev–Trinajstić information content (AvgIpc) is 2.15. The van der Waals surface area contributed by atoms with Gasteiger partial charge >= 0.3 is 5.97 Å². The van der Waals surface area contributed by atoms with E-state index in [0.717, 1.165) is 0 Å². The summed E-state index contributed by atoms with van der Waals surface area (Å²) >= 11 is 0. The Morgan fingerprint density at radius 3 is 2.40 bits per heavy atom. The molecule has 0 aromatic rings. The summed E-state index contributed by atoms with van der Waals surface area (Å²) in [6, 6.07) is -0.557. The van der Waals surface area contributed by atoms with Crippen molar-refractivity contribution in [2.45, 2.75) is 33.2 Å². The second-order valence-electron chi connectivity index (χ2n) is 3.71. The molecule has 1 atom stereocenters. The Labute approximate surface area is 90.7 Å². The quantitative estimate of drug-likeness (QED) is 0.552. The Morgan fingerprint density at radius 1 is 1.40 bits per heavy atom. The minimum Gasteiger partial charge on any atom is -0.467 e. The first-order chi connectivity index (χ1) is 7.01. The molecule has 0 rings (SSSR count). The first-order valence-corrected chi connectivity index (χ1v) is 5.02. The average molecular weight is 213 g/mol. The highest BCUT2D eigenvalue weighted by atomic mass is 16.5. The van der Waals surface area contributed by atoms with Gasteiger partial charge in [-0.2, -0.15) is 0 Å². The topological polar surface area (TPSA) is 55.4 Å². The fourth-order valence-corrected chi connectivity index (χ4v) is 1.20. The van der Waals surface area contributed by atoms with Crippen molar-refractivity contribution in [2.24, 2.45) is 5.92 Å². The molecular weight excluding hydrogens is 194 g/mol. The zero-order valence-electron chi connectivity index (χ0n) is 9.74. The molecule has 4 nitrogen and oxygen atoms in total. The Kier molecular flexibility index (Phi) is 6.42. The van der Waals surface area contributed by atoms with Crippen LogP contribution in [0, 0.1) is 5.92 Å². The van der Waals surface area contributed by atoms with Crippen LogP contribution in [-0.4, -0.2) is 25.0 Å². The summed E-state index contributed by atoms with van der Waals surface area (Å²) in [4.78, 5) is 22.6. The monoisotopic (exact) mass is 213 g/mol. The maximum Gasteiger partial charge on any atom is 0.328 e. The number of amides is 1. The van der Waals surface area contributed by atoms with Crippen LogP contribution >= 0.6 is 0 Å². The standard InChI is InChI=1S/C11H19NO3/c1-5-6-10(13)12-9(7-8(2)3)11(14)15-4/h5-6,8-9H,7H2,1-4H3,(H,12,13). The predicted octanol–water partition coefficient (Wildman–Crippen LogP) is 1.27. The molecule has 0 aliphatic heterocycles. The highest BCUT2D eigenvalue weighted by Crippen LogP contribution is 2.06. The van der Waals surface area contributed by atoms with Crippen LogP contribution in [0.3, 0.4) is 0 Å². The number of carbonyl (C=O) groups excluding carboxylic acids is 2. The number of esters is 1. The van der Waals surface area contributed by atoms with Crippen LogP contribution in [0.15, 0.2) is 12.2 Å². The summed E-state index contributed by atoms with van der Waals surface area (Å²) in [7, 11) is 1.32. The maximum absolute atomic E-state index is 11.3. The SMILES string of the molecule is CC=CC(=O)NC(CC(C)C)C(=O)OC. The van der Waals surface area contributed by atoms with E-state index in [9.17, 15) is 9.59 Å². The van der Waals surface area contributed by atoms with Crippen molar-refractivity contribution in [2.75, 3.05) is 7.11 Å². The minimum absolute atomic E-state index is 0.270. The molecule has 0 bridgehead atoms. The molecular formula is C11H19NO3. The lowest BCUT2D eigenvalue weighted by molar-refractivity contribution is -0.145. The smallest absolute Gasteiger partial charge is 0.328 e. The molecule has 0 fully saturated rings. The van der Waals surface area contributed by atoms with Crippen molar-refractivity contribution >= 4 is 11.9 Å². The third-order valence-electron chi connectivity index (χ3n) is 1.83. The fourth-order valence-electron chi connectivity index (χ4n) is 1.20. The molecule has 15 heavy (non-hydrogen) atoms. The molecule has 1 unspecified atom stereocenters. The largest absolute Gasteiger partial charge is 0.467 e. The van der Waals surface area contributed by atoms with Crippen LogP contribution in [0.25, 0.3) is 0 Å². The van der Waals surface area contributed by atoms with Gasteiger partial charge in [-0.1, -0.05) is 19.9 Å². The highest BCUT2D eigenvalue weighted by molar-refractivity contribution is 5.91. The molecule has 1 N–H and O–H groups in total. The second kappa shape index (κ2) is 7.04. The first kappa shape index (κ1) is 13.7. The van der Waals surface area contributed by atoms with Crippen LogP contribution in [-0.2, 0) is 14.3 Å². The Morgan fingerprint density at radius 2 is 2.00 bits per heavy atom. The fraction of sp³-hybridized carbons (Fsp3) is 0.636. The molecule has 0 aliphatic carbocycles. The Bertz CT molecular complexity index is 246. The number of hydrogen-bond donors (Lipinski definition) is 1. The molecule has 0 saturated heterocycles. The van der Waals surface area contributed by atoms with E-state index < -0.39 is 12.0 Å². The summed E-state index contributed by atoms with van der Waals surface area (Å²) in [5.74, 6) is -0.352. The van der Waals surface area contributed by atoms with E-state index in [1.54, 1.807) is 13.0 Å². The second-order valence-corrected chi connectivity index (χ2v) is 3.71. The molecule has 86 valence electrons. The van der Waals surface area contributed by atoms with Gasteiger partial charge in [0.15, 0.2) is 0 Å². The summed E-state index contributed by atoms with van der Waals surface area (Å²) in [6.07, 6.45) is 3.59. The van der Waals surface area contributed by atoms with Crippen molar-refractivity contribution in [3.05, 3.63) is 12.2 Å². The summed E-state index contributed by atoms with van der Waals surface area (Å²) in [5, 5.41) is 2.60. The molecule has 0 radical (unpaired) electrons. The van der Waals surface area contributed by atoms with E-state index in [4.69, 9.17) is 0 Å². The molecule has 0 saturated carbocycles. The molecule has 0 heterocycles. The Hall–Kier alpha value is -1.32. The van der Waals surface area contributed by atoms with Gasteiger partial charge < -0.3 is 10.1 Å². The van der Waals surface area contributed by atoms with Crippen LogP contribution in [0.1, 0.15) is 27.2 Å². The number of hydrogen-bond acceptors (Lipinski definition) is 3. The van der Waals surface area contributed by atoms with Gasteiger partial charge in [0.2, 0.25) is 5.91 Å². The van der Waals surface area contributed by atoms with Gasteiger partial charge in [0, 0.05) is 0 Å². The first-order valence-electron chi connectivity index (χ1n) is 5.02. The number of carbonyl (C=O) groups is 2. The van der Waals surface area contributed by atoms with Crippen molar-refractivity contribution < 1.29 is 14.3 Å². The molecule has 4 heteroatoms. The number of methoxy groups -OCH3 is 1. The van der Waals surface area contributed by atoms with Gasteiger partial charge in [-0.15, -0.1) is 0 Å². The summed E-state index contributed by atoms with van der Waals surface area (Å²) < 4.78 is 4.61. The van der Waals surface area contributed by atoms with E-state index in [2.05, 4.69) is 10.1 Å². The van der Waals surface area contributed by atoms with Crippen molar-refractivity contribution in [3.63, 3.8) is 0 Å². The van der Waals surface area contributed by atoms with E-state index in [1.807, 2.05) is 13.8 Å². The summed E-state index contributed by atoms with van der Waals surface area (Å²) in [5.41, 5.74) is 0. The van der Waals surface area contributed by atoms with Gasteiger partial charge in [0.25, 0.3) is 0 Å².